The van der Waals surface area contributed by atoms with E-state index in [0.717, 1.165) is 35.5 Å². The summed E-state index contributed by atoms with van der Waals surface area (Å²) in [5.74, 6) is 1.14. The summed E-state index contributed by atoms with van der Waals surface area (Å²) in [6.07, 6.45) is 1.80. The molecule has 4 heteroatoms. The number of nitrogens with one attached hydrogen (secondary N) is 1. The SMILES string of the molecule is O=C(NCC1(c2ccccc2)CCOCC1)C1c2ccccc2Oc2ccccc21. The Labute approximate surface area is 176 Å². The molecule has 5 rings (SSSR count). The molecule has 2 aliphatic rings. The molecule has 30 heavy (non-hydrogen) atoms. The number of carbonyl (C=O) groups is 1. The van der Waals surface area contributed by atoms with Gasteiger partial charge in [-0.1, -0.05) is 66.7 Å². The topological polar surface area (TPSA) is 47.6 Å². The Hall–Kier alpha value is -3.11. The molecular weight excluding hydrogens is 374 g/mol. The molecule has 152 valence electrons. The lowest BCUT2D eigenvalue weighted by molar-refractivity contribution is -0.122. The van der Waals surface area contributed by atoms with Crippen LogP contribution in [0.25, 0.3) is 0 Å². The molecule has 1 saturated heterocycles. The first-order valence-corrected chi connectivity index (χ1v) is 10.5. The standard InChI is InChI=1S/C26H25NO3/c28-25(27-18-26(14-16-29-17-15-26)19-8-2-1-3-9-19)24-20-10-4-6-12-22(20)30-23-13-7-5-11-21(23)24/h1-13,24H,14-18H2,(H,27,28). The van der Waals surface area contributed by atoms with Crippen LogP contribution in [0, 0.1) is 0 Å². The van der Waals surface area contributed by atoms with E-state index in [2.05, 4.69) is 29.6 Å². The smallest absolute Gasteiger partial charge is 0.232 e. The molecule has 0 spiro atoms. The Morgan fingerprint density at radius 3 is 2.03 bits per heavy atom. The van der Waals surface area contributed by atoms with Gasteiger partial charge in [0.1, 0.15) is 11.5 Å². The maximum atomic E-state index is 13.5. The van der Waals surface area contributed by atoms with E-state index in [9.17, 15) is 4.79 Å². The minimum atomic E-state index is -0.376. The predicted octanol–water partition coefficient (Wildman–Crippen LogP) is 4.79. The summed E-state index contributed by atoms with van der Waals surface area (Å²) in [5.41, 5.74) is 2.99. The fourth-order valence-corrected chi connectivity index (χ4v) is 4.67. The van der Waals surface area contributed by atoms with Crippen molar-refractivity contribution in [1.82, 2.24) is 5.32 Å². The second-order valence-electron chi connectivity index (χ2n) is 8.09. The summed E-state index contributed by atoms with van der Waals surface area (Å²) in [6, 6.07) is 26.1. The van der Waals surface area contributed by atoms with Gasteiger partial charge in [0.25, 0.3) is 0 Å². The number of hydrogen-bond acceptors (Lipinski definition) is 3. The molecule has 0 atom stereocenters. The van der Waals surface area contributed by atoms with E-state index < -0.39 is 0 Å². The van der Waals surface area contributed by atoms with Gasteiger partial charge in [0, 0.05) is 36.3 Å². The average molecular weight is 399 g/mol. The van der Waals surface area contributed by atoms with Crippen LogP contribution in [0.15, 0.2) is 78.9 Å². The molecule has 0 unspecified atom stereocenters. The van der Waals surface area contributed by atoms with Gasteiger partial charge < -0.3 is 14.8 Å². The van der Waals surface area contributed by atoms with Gasteiger partial charge in [-0.3, -0.25) is 4.79 Å². The first kappa shape index (κ1) is 18.9. The van der Waals surface area contributed by atoms with E-state index >= 15 is 0 Å². The maximum Gasteiger partial charge on any atom is 0.232 e. The molecule has 1 N–H and O–H groups in total. The number of hydrogen-bond donors (Lipinski definition) is 1. The van der Waals surface area contributed by atoms with Gasteiger partial charge in [0.05, 0.1) is 5.92 Å². The molecule has 2 heterocycles. The molecule has 3 aromatic carbocycles. The zero-order chi connectivity index (χ0) is 20.4. The maximum absolute atomic E-state index is 13.5. The third kappa shape index (κ3) is 3.37. The molecule has 1 fully saturated rings. The van der Waals surface area contributed by atoms with Crippen LogP contribution in [0.5, 0.6) is 11.5 Å². The number of amides is 1. The van der Waals surface area contributed by atoms with Crippen molar-refractivity contribution in [2.45, 2.75) is 24.2 Å². The molecule has 3 aromatic rings. The van der Waals surface area contributed by atoms with E-state index in [4.69, 9.17) is 9.47 Å². The van der Waals surface area contributed by atoms with Crippen LogP contribution < -0.4 is 10.1 Å². The van der Waals surface area contributed by atoms with E-state index in [1.54, 1.807) is 0 Å². The first-order chi connectivity index (χ1) is 14.8. The molecule has 0 radical (unpaired) electrons. The van der Waals surface area contributed by atoms with Gasteiger partial charge >= 0.3 is 0 Å². The van der Waals surface area contributed by atoms with Crippen molar-refractivity contribution >= 4 is 5.91 Å². The highest BCUT2D eigenvalue weighted by molar-refractivity contribution is 5.89. The molecule has 0 aromatic heterocycles. The van der Waals surface area contributed by atoms with Crippen LogP contribution in [0.2, 0.25) is 0 Å². The van der Waals surface area contributed by atoms with Gasteiger partial charge in [-0.15, -0.1) is 0 Å². The lowest BCUT2D eigenvalue weighted by Gasteiger charge is -2.38. The van der Waals surface area contributed by atoms with Crippen molar-refractivity contribution in [1.29, 1.82) is 0 Å². The van der Waals surface area contributed by atoms with Crippen molar-refractivity contribution < 1.29 is 14.3 Å². The number of benzene rings is 3. The van der Waals surface area contributed by atoms with Crippen LogP contribution in [0.1, 0.15) is 35.4 Å². The lowest BCUT2D eigenvalue weighted by Crippen LogP contribution is -2.46. The van der Waals surface area contributed by atoms with Crippen LogP contribution in [0.4, 0.5) is 0 Å². The third-order valence-electron chi connectivity index (χ3n) is 6.38. The van der Waals surface area contributed by atoms with Crippen molar-refractivity contribution in [3.63, 3.8) is 0 Å². The highest BCUT2D eigenvalue weighted by Gasteiger charge is 2.37. The largest absolute Gasteiger partial charge is 0.457 e. The van der Waals surface area contributed by atoms with Crippen molar-refractivity contribution in [2.24, 2.45) is 0 Å². The minimum Gasteiger partial charge on any atom is -0.457 e. The minimum absolute atomic E-state index is 0.0139. The molecule has 2 aliphatic heterocycles. The molecular formula is C26H25NO3. The quantitative estimate of drug-likeness (QED) is 0.686. The highest BCUT2D eigenvalue weighted by atomic mass is 16.5. The normalized spacial score (nSPS) is 17.3. The zero-order valence-corrected chi connectivity index (χ0v) is 16.8. The van der Waals surface area contributed by atoms with Gasteiger partial charge in [0.2, 0.25) is 5.91 Å². The fourth-order valence-electron chi connectivity index (χ4n) is 4.67. The molecule has 1 amide bonds. The number of ether oxygens (including phenoxy) is 2. The second kappa shape index (κ2) is 7.96. The zero-order valence-electron chi connectivity index (χ0n) is 16.8. The van der Waals surface area contributed by atoms with E-state index in [-0.39, 0.29) is 17.2 Å². The highest BCUT2D eigenvalue weighted by Crippen LogP contribution is 2.44. The van der Waals surface area contributed by atoms with Crippen LogP contribution in [-0.2, 0) is 14.9 Å². The van der Waals surface area contributed by atoms with Crippen LogP contribution in [0.3, 0.4) is 0 Å². The molecule has 4 nitrogen and oxygen atoms in total. The van der Waals surface area contributed by atoms with Crippen LogP contribution >= 0.6 is 0 Å². The Morgan fingerprint density at radius 2 is 1.40 bits per heavy atom. The van der Waals surface area contributed by atoms with Crippen molar-refractivity contribution in [3.8, 4) is 11.5 Å². The van der Waals surface area contributed by atoms with Gasteiger partial charge in [0.15, 0.2) is 0 Å². The monoisotopic (exact) mass is 399 g/mol. The second-order valence-corrected chi connectivity index (χ2v) is 8.09. The summed E-state index contributed by atoms with van der Waals surface area (Å²) in [5, 5.41) is 3.29. The van der Waals surface area contributed by atoms with Gasteiger partial charge in [-0.25, -0.2) is 0 Å². The third-order valence-corrected chi connectivity index (χ3v) is 6.38. The first-order valence-electron chi connectivity index (χ1n) is 10.5. The number of rotatable bonds is 4. The van der Waals surface area contributed by atoms with Gasteiger partial charge in [-0.05, 0) is 30.5 Å². The van der Waals surface area contributed by atoms with E-state index in [0.29, 0.717) is 19.8 Å². The summed E-state index contributed by atoms with van der Waals surface area (Å²) in [4.78, 5) is 13.5. The predicted molar refractivity (Wildman–Crippen MR) is 116 cm³/mol. The van der Waals surface area contributed by atoms with Gasteiger partial charge in [-0.2, -0.15) is 0 Å². The van der Waals surface area contributed by atoms with E-state index in [1.165, 1.54) is 5.56 Å². The molecule has 0 aliphatic carbocycles. The average Bonchev–Trinajstić information content (AvgIpc) is 2.82. The Bertz CT molecular complexity index is 995. The van der Waals surface area contributed by atoms with E-state index in [1.807, 2.05) is 54.6 Å². The number of carbonyl (C=O) groups excluding carboxylic acids is 1. The van der Waals surface area contributed by atoms with Crippen molar-refractivity contribution in [3.05, 3.63) is 95.6 Å². The Kier molecular flexibility index (Phi) is 5.01. The van der Waals surface area contributed by atoms with Crippen molar-refractivity contribution in [2.75, 3.05) is 19.8 Å². The molecule has 0 saturated carbocycles. The Morgan fingerprint density at radius 1 is 0.833 bits per heavy atom. The summed E-state index contributed by atoms with van der Waals surface area (Å²) in [6.45, 7) is 2.03. The Balaban J connectivity index is 1.44. The fraction of sp³-hybridized carbons (Fsp3) is 0.269. The lowest BCUT2D eigenvalue weighted by atomic mass is 9.74. The summed E-state index contributed by atoms with van der Waals surface area (Å²) in [7, 11) is 0. The summed E-state index contributed by atoms with van der Waals surface area (Å²) < 4.78 is 11.7. The number of fused-ring (bicyclic) bond motifs is 2. The van der Waals surface area contributed by atoms with Crippen LogP contribution in [-0.4, -0.2) is 25.7 Å². The summed E-state index contributed by atoms with van der Waals surface area (Å²) >= 11 is 0. The number of para-hydroxylation sites is 2. The molecule has 0 bridgehead atoms.